The predicted molar refractivity (Wildman–Crippen MR) is 70.2 cm³/mol. The van der Waals surface area contributed by atoms with E-state index in [1.807, 2.05) is 6.07 Å². The standard InChI is InChI=1S/C15H16FNO3/c1-3-20-15(19)13(10(2)8-9-17)14(18)11-4-6-12(16)7-5-11/h4-7,10,13H,3,8H2,1-2H3. The summed E-state index contributed by atoms with van der Waals surface area (Å²) in [7, 11) is 0. The number of rotatable bonds is 6. The van der Waals surface area contributed by atoms with Gasteiger partial charge < -0.3 is 4.74 Å². The minimum atomic E-state index is -1.04. The number of hydrogen-bond donors (Lipinski definition) is 0. The molecule has 0 saturated carbocycles. The van der Waals surface area contributed by atoms with Crippen molar-refractivity contribution in [2.75, 3.05) is 6.61 Å². The van der Waals surface area contributed by atoms with Crippen LogP contribution in [-0.4, -0.2) is 18.4 Å². The third-order valence-corrected chi connectivity index (χ3v) is 2.93. The van der Waals surface area contributed by atoms with Crippen LogP contribution in [0.5, 0.6) is 0 Å². The van der Waals surface area contributed by atoms with Crippen molar-refractivity contribution in [1.82, 2.24) is 0 Å². The normalized spacial score (nSPS) is 13.1. The van der Waals surface area contributed by atoms with E-state index in [0.29, 0.717) is 0 Å². The molecule has 106 valence electrons. The fourth-order valence-corrected chi connectivity index (χ4v) is 1.89. The maximum Gasteiger partial charge on any atom is 0.317 e. The second kappa shape index (κ2) is 7.39. The van der Waals surface area contributed by atoms with Gasteiger partial charge >= 0.3 is 5.97 Å². The SMILES string of the molecule is CCOC(=O)C(C(=O)c1ccc(F)cc1)C(C)CC#N. The average molecular weight is 277 g/mol. The van der Waals surface area contributed by atoms with Crippen molar-refractivity contribution in [3.8, 4) is 6.07 Å². The number of ketones is 1. The van der Waals surface area contributed by atoms with Crippen LogP contribution in [0, 0.1) is 29.0 Å². The highest BCUT2D eigenvalue weighted by Gasteiger charge is 2.34. The van der Waals surface area contributed by atoms with E-state index in [9.17, 15) is 14.0 Å². The number of Topliss-reactive ketones (excluding diaryl/α,β-unsaturated/α-hetero) is 1. The zero-order valence-electron chi connectivity index (χ0n) is 11.4. The lowest BCUT2D eigenvalue weighted by Crippen LogP contribution is -2.32. The van der Waals surface area contributed by atoms with Crippen molar-refractivity contribution in [2.45, 2.75) is 20.3 Å². The maximum absolute atomic E-state index is 12.9. The zero-order valence-corrected chi connectivity index (χ0v) is 11.4. The van der Waals surface area contributed by atoms with Gasteiger partial charge in [0.15, 0.2) is 5.78 Å². The van der Waals surface area contributed by atoms with Crippen molar-refractivity contribution in [3.63, 3.8) is 0 Å². The van der Waals surface area contributed by atoms with Crippen LogP contribution < -0.4 is 0 Å². The van der Waals surface area contributed by atoms with Crippen LogP contribution in [0.25, 0.3) is 0 Å². The molecule has 0 aliphatic heterocycles. The first kappa shape index (κ1) is 15.8. The molecule has 0 aliphatic rings. The molecule has 4 nitrogen and oxygen atoms in total. The smallest absolute Gasteiger partial charge is 0.317 e. The van der Waals surface area contributed by atoms with E-state index in [-0.39, 0.29) is 18.6 Å². The number of halogens is 1. The van der Waals surface area contributed by atoms with E-state index in [4.69, 9.17) is 10.00 Å². The lowest BCUT2D eigenvalue weighted by molar-refractivity contribution is -0.147. The first-order valence-corrected chi connectivity index (χ1v) is 6.34. The summed E-state index contributed by atoms with van der Waals surface area (Å²) >= 11 is 0. The number of hydrogen-bond acceptors (Lipinski definition) is 4. The molecule has 5 heteroatoms. The highest BCUT2D eigenvalue weighted by Crippen LogP contribution is 2.22. The van der Waals surface area contributed by atoms with Crippen LogP contribution in [0.3, 0.4) is 0 Å². The van der Waals surface area contributed by atoms with Crippen molar-refractivity contribution in [1.29, 1.82) is 5.26 Å². The maximum atomic E-state index is 12.9. The number of nitriles is 1. The average Bonchev–Trinajstić information content (AvgIpc) is 2.40. The molecule has 1 aromatic rings. The molecular formula is C15H16FNO3. The van der Waals surface area contributed by atoms with Crippen LogP contribution in [0.2, 0.25) is 0 Å². The van der Waals surface area contributed by atoms with E-state index in [2.05, 4.69) is 0 Å². The first-order valence-electron chi connectivity index (χ1n) is 6.34. The molecule has 0 saturated heterocycles. The van der Waals surface area contributed by atoms with Gasteiger partial charge in [0.2, 0.25) is 0 Å². The number of carbonyl (C=O) groups excluding carboxylic acids is 2. The Morgan fingerprint density at radius 3 is 2.45 bits per heavy atom. The molecule has 2 unspecified atom stereocenters. The topological polar surface area (TPSA) is 67.2 Å². The molecule has 0 aromatic heterocycles. The van der Waals surface area contributed by atoms with Crippen LogP contribution in [0.1, 0.15) is 30.6 Å². The monoisotopic (exact) mass is 277 g/mol. The summed E-state index contributed by atoms with van der Waals surface area (Å²) in [4.78, 5) is 24.3. The summed E-state index contributed by atoms with van der Waals surface area (Å²) in [6, 6.07) is 6.90. The molecule has 0 spiro atoms. The van der Waals surface area contributed by atoms with E-state index in [1.165, 1.54) is 12.1 Å². The molecule has 0 amide bonds. The summed E-state index contributed by atoms with van der Waals surface area (Å²) < 4.78 is 17.8. The minimum absolute atomic E-state index is 0.0659. The van der Waals surface area contributed by atoms with Gasteiger partial charge in [0.25, 0.3) is 0 Å². The van der Waals surface area contributed by atoms with Crippen molar-refractivity contribution >= 4 is 11.8 Å². The third kappa shape index (κ3) is 3.89. The Balaban J connectivity index is 3.03. The van der Waals surface area contributed by atoms with Gasteiger partial charge in [-0.05, 0) is 37.1 Å². The Labute approximate surface area is 117 Å². The number of ether oxygens (including phenoxy) is 1. The molecule has 0 bridgehead atoms. The van der Waals surface area contributed by atoms with Gasteiger partial charge in [0, 0.05) is 12.0 Å². The second-order valence-corrected chi connectivity index (χ2v) is 4.44. The summed E-state index contributed by atoms with van der Waals surface area (Å²) in [5, 5.41) is 8.72. The molecule has 0 aliphatic carbocycles. The van der Waals surface area contributed by atoms with Gasteiger partial charge in [-0.25, -0.2) is 4.39 Å². The largest absolute Gasteiger partial charge is 0.465 e. The summed E-state index contributed by atoms with van der Waals surface area (Å²) in [6.07, 6.45) is 0.0659. The van der Waals surface area contributed by atoms with Crippen LogP contribution in [-0.2, 0) is 9.53 Å². The predicted octanol–water partition coefficient (Wildman–Crippen LogP) is 2.74. The molecule has 0 N–H and O–H groups in total. The number of esters is 1. The Bertz CT molecular complexity index is 519. The molecular weight excluding hydrogens is 261 g/mol. The quantitative estimate of drug-likeness (QED) is 0.455. The molecule has 0 fully saturated rings. The van der Waals surface area contributed by atoms with Crippen molar-refractivity contribution in [3.05, 3.63) is 35.6 Å². The number of nitrogens with zero attached hydrogens (tertiary/aromatic N) is 1. The van der Waals surface area contributed by atoms with Gasteiger partial charge in [-0.3, -0.25) is 9.59 Å². The van der Waals surface area contributed by atoms with E-state index >= 15 is 0 Å². The molecule has 0 radical (unpaired) electrons. The molecule has 0 heterocycles. The van der Waals surface area contributed by atoms with Crippen LogP contribution in [0.4, 0.5) is 4.39 Å². The van der Waals surface area contributed by atoms with Crippen molar-refractivity contribution in [2.24, 2.45) is 11.8 Å². The zero-order chi connectivity index (χ0) is 15.1. The molecule has 2 atom stereocenters. The summed E-state index contributed by atoms with van der Waals surface area (Å²) in [5.41, 5.74) is 0.231. The first-order chi connectivity index (χ1) is 9.51. The van der Waals surface area contributed by atoms with Crippen molar-refractivity contribution < 1.29 is 18.7 Å². The molecule has 20 heavy (non-hydrogen) atoms. The minimum Gasteiger partial charge on any atom is -0.465 e. The highest BCUT2D eigenvalue weighted by atomic mass is 19.1. The number of benzene rings is 1. The van der Waals surface area contributed by atoms with Crippen LogP contribution in [0.15, 0.2) is 24.3 Å². The lowest BCUT2D eigenvalue weighted by atomic mass is 9.85. The van der Waals surface area contributed by atoms with E-state index in [1.54, 1.807) is 13.8 Å². The Kier molecular flexibility index (Phi) is 5.85. The van der Waals surface area contributed by atoms with E-state index in [0.717, 1.165) is 12.1 Å². The van der Waals surface area contributed by atoms with Gasteiger partial charge in [0.1, 0.15) is 11.7 Å². The summed E-state index contributed by atoms with van der Waals surface area (Å²) in [6.45, 7) is 3.45. The molecule has 1 rings (SSSR count). The lowest BCUT2D eigenvalue weighted by Gasteiger charge is -2.19. The van der Waals surface area contributed by atoms with Gasteiger partial charge in [-0.1, -0.05) is 6.92 Å². The number of carbonyl (C=O) groups is 2. The van der Waals surface area contributed by atoms with Crippen LogP contribution >= 0.6 is 0 Å². The Hall–Kier alpha value is -2.22. The Morgan fingerprint density at radius 1 is 1.35 bits per heavy atom. The fraction of sp³-hybridized carbons (Fsp3) is 0.400. The summed E-state index contributed by atoms with van der Waals surface area (Å²) in [5.74, 6) is -3.06. The van der Waals surface area contributed by atoms with E-state index < -0.39 is 29.4 Å². The Morgan fingerprint density at radius 2 is 1.95 bits per heavy atom. The van der Waals surface area contributed by atoms with Gasteiger partial charge in [-0.2, -0.15) is 5.26 Å². The molecule has 1 aromatic carbocycles. The third-order valence-electron chi connectivity index (χ3n) is 2.93. The van der Waals surface area contributed by atoms with Gasteiger partial charge in [0.05, 0.1) is 12.7 Å². The second-order valence-electron chi connectivity index (χ2n) is 4.44. The van der Waals surface area contributed by atoms with Gasteiger partial charge in [-0.15, -0.1) is 0 Å². The fourth-order valence-electron chi connectivity index (χ4n) is 1.89. The highest BCUT2D eigenvalue weighted by molar-refractivity contribution is 6.08.